The molecule has 1 rings (SSSR count). The molecule has 7 heteroatoms. The van der Waals surface area contributed by atoms with Crippen molar-refractivity contribution >= 4 is 18.0 Å². The molecule has 2 amide bonds. The molecule has 21 heavy (non-hydrogen) atoms. The lowest BCUT2D eigenvalue weighted by Crippen LogP contribution is -2.48. The molecule has 0 saturated carbocycles. The number of hydrogen-bond acceptors (Lipinski definition) is 4. The molecular formula is C14H24N2O5. The van der Waals surface area contributed by atoms with E-state index in [1.165, 1.54) is 12.0 Å². The number of esters is 1. The minimum atomic E-state index is -0.832. The molecule has 0 aromatic rings. The molecule has 0 aromatic carbocycles. The van der Waals surface area contributed by atoms with Gasteiger partial charge in [0.2, 0.25) is 0 Å². The van der Waals surface area contributed by atoms with E-state index in [9.17, 15) is 14.4 Å². The first-order valence-electron chi connectivity index (χ1n) is 7.14. The summed E-state index contributed by atoms with van der Waals surface area (Å²) in [6.45, 7) is 3.08. The maximum absolute atomic E-state index is 12.3. The Balaban J connectivity index is 2.53. The molecule has 0 aliphatic carbocycles. The zero-order valence-corrected chi connectivity index (χ0v) is 12.9. The average molecular weight is 300 g/mol. The van der Waals surface area contributed by atoms with Gasteiger partial charge in [-0.15, -0.1) is 0 Å². The van der Waals surface area contributed by atoms with Gasteiger partial charge in [-0.05, 0) is 18.8 Å². The number of hydrogen-bond donors (Lipinski definition) is 1. The molecule has 120 valence electrons. The number of carboxylic acid groups (broad SMARTS) is 1. The number of likely N-dealkylation sites (tertiary alicyclic amines) is 1. The van der Waals surface area contributed by atoms with Crippen molar-refractivity contribution in [3.8, 4) is 0 Å². The smallest absolute Gasteiger partial charge is 0.319 e. The van der Waals surface area contributed by atoms with Gasteiger partial charge in [0.05, 0.1) is 13.0 Å². The molecule has 2 atom stereocenters. The predicted molar refractivity (Wildman–Crippen MR) is 75.8 cm³/mol. The van der Waals surface area contributed by atoms with Gasteiger partial charge in [-0.2, -0.15) is 0 Å². The van der Waals surface area contributed by atoms with E-state index in [2.05, 4.69) is 4.74 Å². The van der Waals surface area contributed by atoms with Gasteiger partial charge in [0.25, 0.3) is 0 Å². The molecule has 1 fully saturated rings. The van der Waals surface area contributed by atoms with Crippen molar-refractivity contribution in [1.82, 2.24) is 9.80 Å². The van der Waals surface area contributed by atoms with Gasteiger partial charge in [-0.25, -0.2) is 4.79 Å². The lowest BCUT2D eigenvalue weighted by Gasteiger charge is -2.35. The Bertz CT molecular complexity index is 399. The fraction of sp³-hybridized carbons (Fsp3) is 0.786. The molecule has 0 radical (unpaired) electrons. The van der Waals surface area contributed by atoms with E-state index < -0.39 is 5.97 Å². The van der Waals surface area contributed by atoms with Crippen molar-refractivity contribution in [2.45, 2.75) is 26.2 Å². The summed E-state index contributed by atoms with van der Waals surface area (Å²) in [5, 5.41) is 8.84. The summed E-state index contributed by atoms with van der Waals surface area (Å²) in [7, 11) is 2.96. The summed E-state index contributed by atoms with van der Waals surface area (Å²) in [6.07, 6.45) is 1.73. The Morgan fingerprint density at radius 1 is 1.43 bits per heavy atom. The maximum atomic E-state index is 12.3. The van der Waals surface area contributed by atoms with Gasteiger partial charge < -0.3 is 19.6 Å². The molecule has 1 heterocycles. The molecule has 1 aliphatic rings. The molecule has 1 aliphatic heterocycles. The second-order valence-corrected chi connectivity index (χ2v) is 5.64. The third-order valence-corrected chi connectivity index (χ3v) is 3.73. The van der Waals surface area contributed by atoms with E-state index >= 15 is 0 Å². The third kappa shape index (κ3) is 5.24. The Labute approximate surface area is 124 Å². The van der Waals surface area contributed by atoms with Crippen LogP contribution < -0.4 is 0 Å². The molecule has 0 spiro atoms. The van der Waals surface area contributed by atoms with Gasteiger partial charge in [0, 0.05) is 33.1 Å². The van der Waals surface area contributed by atoms with Crippen molar-refractivity contribution in [2.75, 3.05) is 33.8 Å². The SMILES string of the molecule is COC(=O)C(C)CN(C)C(=O)N1CCCC(CC(=O)O)C1. The topological polar surface area (TPSA) is 87.2 Å². The number of carbonyl (C=O) groups is 3. The summed E-state index contributed by atoms with van der Waals surface area (Å²) in [6, 6.07) is -0.166. The maximum Gasteiger partial charge on any atom is 0.319 e. The van der Waals surface area contributed by atoms with Crippen LogP contribution in [0.25, 0.3) is 0 Å². The van der Waals surface area contributed by atoms with Gasteiger partial charge >= 0.3 is 18.0 Å². The molecule has 1 saturated heterocycles. The number of carboxylic acids is 1. The Kier molecular flexibility index (Phi) is 6.45. The van der Waals surface area contributed by atoms with Crippen LogP contribution in [0, 0.1) is 11.8 Å². The molecule has 2 unspecified atom stereocenters. The van der Waals surface area contributed by atoms with Crippen LogP contribution in [0.15, 0.2) is 0 Å². The van der Waals surface area contributed by atoms with Crippen LogP contribution in [-0.4, -0.2) is 66.7 Å². The van der Waals surface area contributed by atoms with Crippen LogP contribution in [0.1, 0.15) is 26.2 Å². The lowest BCUT2D eigenvalue weighted by molar-refractivity contribution is -0.145. The molecular weight excluding hydrogens is 276 g/mol. The van der Waals surface area contributed by atoms with Gasteiger partial charge in [0.1, 0.15) is 0 Å². The number of carbonyl (C=O) groups excluding carboxylic acids is 2. The Morgan fingerprint density at radius 3 is 2.67 bits per heavy atom. The van der Waals surface area contributed by atoms with Crippen LogP contribution in [-0.2, 0) is 14.3 Å². The highest BCUT2D eigenvalue weighted by molar-refractivity contribution is 5.76. The number of rotatable bonds is 5. The number of urea groups is 1. The van der Waals surface area contributed by atoms with Crippen LogP contribution >= 0.6 is 0 Å². The second kappa shape index (κ2) is 7.85. The minimum absolute atomic E-state index is 0.00614. The van der Waals surface area contributed by atoms with Crippen LogP contribution in [0.5, 0.6) is 0 Å². The van der Waals surface area contributed by atoms with Crippen LogP contribution in [0.2, 0.25) is 0 Å². The third-order valence-electron chi connectivity index (χ3n) is 3.73. The summed E-state index contributed by atoms with van der Waals surface area (Å²) in [5.41, 5.74) is 0. The quantitative estimate of drug-likeness (QED) is 0.766. The largest absolute Gasteiger partial charge is 0.481 e. The van der Waals surface area contributed by atoms with Crippen molar-refractivity contribution in [3.05, 3.63) is 0 Å². The monoisotopic (exact) mass is 300 g/mol. The van der Waals surface area contributed by atoms with E-state index in [1.54, 1.807) is 18.9 Å². The first kappa shape index (κ1) is 17.3. The summed E-state index contributed by atoms with van der Waals surface area (Å²) >= 11 is 0. The zero-order chi connectivity index (χ0) is 16.0. The first-order chi connectivity index (χ1) is 9.85. The number of amides is 2. The summed E-state index contributed by atoms with van der Waals surface area (Å²) in [4.78, 5) is 37.6. The van der Waals surface area contributed by atoms with Crippen LogP contribution in [0.4, 0.5) is 4.79 Å². The highest BCUT2D eigenvalue weighted by atomic mass is 16.5. The molecule has 7 nitrogen and oxygen atoms in total. The Morgan fingerprint density at radius 2 is 2.10 bits per heavy atom. The van der Waals surface area contributed by atoms with Gasteiger partial charge in [0.15, 0.2) is 0 Å². The van der Waals surface area contributed by atoms with E-state index in [0.717, 1.165) is 12.8 Å². The number of piperidine rings is 1. The standard InChI is InChI=1S/C14H24N2O5/c1-10(13(19)21-3)8-15(2)14(20)16-6-4-5-11(9-16)7-12(17)18/h10-11H,4-9H2,1-3H3,(H,17,18). The molecule has 1 N–H and O–H groups in total. The van der Waals surface area contributed by atoms with Crippen molar-refractivity contribution < 1.29 is 24.2 Å². The highest BCUT2D eigenvalue weighted by Gasteiger charge is 2.28. The van der Waals surface area contributed by atoms with Crippen LogP contribution in [0.3, 0.4) is 0 Å². The highest BCUT2D eigenvalue weighted by Crippen LogP contribution is 2.20. The summed E-state index contributed by atoms with van der Waals surface area (Å²) < 4.78 is 4.64. The van der Waals surface area contributed by atoms with Gasteiger partial charge in [-0.3, -0.25) is 9.59 Å². The second-order valence-electron chi connectivity index (χ2n) is 5.64. The lowest BCUT2D eigenvalue weighted by atomic mass is 9.95. The number of nitrogens with zero attached hydrogens (tertiary/aromatic N) is 2. The van der Waals surface area contributed by atoms with Crippen molar-refractivity contribution in [3.63, 3.8) is 0 Å². The average Bonchev–Trinajstić information content (AvgIpc) is 2.44. The van der Waals surface area contributed by atoms with E-state index in [0.29, 0.717) is 13.1 Å². The van der Waals surface area contributed by atoms with Crippen molar-refractivity contribution in [2.24, 2.45) is 11.8 Å². The number of methoxy groups -OCH3 is 1. The molecule has 0 bridgehead atoms. The fourth-order valence-corrected chi connectivity index (χ4v) is 2.66. The number of ether oxygens (including phenoxy) is 1. The van der Waals surface area contributed by atoms with Gasteiger partial charge in [-0.1, -0.05) is 6.92 Å². The Hall–Kier alpha value is -1.79. The summed E-state index contributed by atoms with van der Waals surface area (Å²) in [5.74, 6) is -1.56. The fourth-order valence-electron chi connectivity index (χ4n) is 2.66. The van der Waals surface area contributed by atoms with E-state index in [1.807, 2.05) is 0 Å². The normalized spacial score (nSPS) is 19.8. The molecule has 0 aromatic heterocycles. The van der Waals surface area contributed by atoms with E-state index in [4.69, 9.17) is 5.11 Å². The minimum Gasteiger partial charge on any atom is -0.481 e. The van der Waals surface area contributed by atoms with E-state index in [-0.39, 0.29) is 36.8 Å². The zero-order valence-electron chi connectivity index (χ0n) is 12.9. The predicted octanol–water partition coefficient (Wildman–Crippen LogP) is 1.03. The number of aliphatic carboxylic acids is 1. The van der Waals surface area contributed by atoms with Crippen molar-refractivity contribution in [1.29, 1.82) is 0 Å². The first-order valence-corrected chi connectivity index (χ1v) is 7.14.